The quantitative estimate of drug-likeness (QED) is 0.676. The molecular weight excluding hydrogens is 232 g/mol. The monoisotopic (exact) mass is 244 g/mol. The van der Waals surface area contributed by atoms with Gasteiger partial charge in [-0.3, -0.25) is 0 Å². The molecule has 1 atom stereocenters. The van der Waals surface area contributed by atoms with Crippen LogP contribution in [0.1, 0.15) is 22.3 Å². The summed E-state index contributed by atoms with van der Waals surface area (Å²) >= 11 is 0. The second-order valence-electron chi connectivity index (χ2n) is 3.47. The van der Waals surface area contributed by atoms with Gasteiger partial charge in [-0.15, -0.1) is 0 Å². The van der Waals surface area contributed by atoms with Gasteiger partial charge in [0.1, 0.15) is 0 Å². The summed E-state index contributed by atoms with van der Waals surface area (Å²) in [6.45, 7) is -0.321. The van der Waals surface area contributed by atoms with Crippen molar-refractivity contribution in [2.24, 2.45) is 0 Å². The predicted molar refractivity (Wildman–Crippen MR) is 65.8 cm³/mol. The first-order valence-electron chi connectivity index (χ1n) is 5.24. The molecule has 0 aromatic heterocycles. The third-order valence-electron chi connectivity index (χ3n) is 2.04. The van der Waals surface area contributed by atoms with E-state index in [1.807, 2.05) is 0 Å². The summed E-state index contributed by atoms with van der Waals surface area (Å²) in [4.78, 5) is 10.6. The lowest BCUT2D eigenvalue weighted by Crippen LogP contribution is -2.09. The molecule has 0 aliphatic rings. The van der Waals surface area contributed by atoms with Crippen molar-refractivity contribution in [1.29, 1.82) is 0 Å². The van der Waals surface area contributed by atoms with Crippen LogP contribution in [0.4, 0.5) is 0 Å². The second-order valence-corrected chi connectivity index (χ2v) is 3.47. The average molecular weight is 244 g/mol. The minimum absolute atomic E-state index is 0.170. The molecule has 92 valence electrons. The van der Waals surface area contributed by atoms with Gasteiger partial charge in [0.15, 0.2) is 0 Å². The van der Waals surface area contributed by atoms with Gasteiger partial charge in [-0.05, 0) is 36.1 Å². The minimum atomic E-state index is -0.979. The molecule has 0 saturated carbocycles. The van der Waals surface area contributed by atoms with Gasteiger partial charge < -0.3 is 15.3 Å². The standard InChI is InChI=1S/C14H12O4/c15-10-13(16)5-3-1-2-4-11-6-8-12(9-7-11)14(17)18/h6-9,13,15-16H,5,10H2,(H,17,18)/t13-/m0/s1. The molecule has 18 heavy (non-hydrogen) atoms. The Morgan fingerprint density at radius 1 is 1.22 bits per heavy atom. The van der Waals surface area contributed by atoms with E-state index in [9.17, 15) is 4.79 Å². The number of carboxylic acids is 1. The summed E-state index contributed by atoms with van der Waals surface area (Å²) in [6.07, 6.45) is -0.669. The van der Waals surface area contributed by atoms with Gasteiger partial charge in [-0.1, -0.05) is 11.8 Å². The van der Waals surface area contributed by atoms with Crippen LogP contribution in [0.2, 0.25) is 0 Å². The van der Waals surface area contributed by atoms with Crippen LogP contribution >= 0.6 is 0 Å². The summed E-state index contributed by atoms with van der Waals surface area (Å²) in [5.74, 6) is 9.49. The summed E-state index contributed by atoms with van der Waals surface area (Å²) in [6, 6.07) is 6.13. The summed E-state index contributed by atoms with van der Waals surface area (Å²) in [5.41, 5.74) is 0.870. The molecule has 0 fully saturated rings. The lowest BCUT2D eigenvalue weighted by molar-refractivity contribution is 0.0697. The first-order valence-corrected chi connectivity index (χ1v) is 5.24. The van der Waals surface area contributed by atoms with Crippen molar-refractivity contribution in [3.05, 3.63) is 35.4 Å². The van der Waals surface area contributed by atoms with E-state index in [4.69, 9.17) is 15.3 Å². The molecule has 0 heterocycles. The maximum atomic E-state index is 10.6. The molecule has 1 rings (SSSR count). The third-order valence-corrected chi connectivity index (χ3v) is 2.04. The van der Waals surface area contributed by atoms with Crippen molar-refractivity contribution >= 4 is 5.97 Å². The van der Waals surface area contributed by atoms with Gasteiger partial charge in [0.05, 0.1) is 18.3 Å². The van der Waals surface area contributed by atoms with E-state index >= 15 is 0 Å². The lowest BCUT2D eigenvalue weighted by Gasteiger charge is -1.97. The number of hydrogen-bond acceptors (Lipinski definition) is 3. The topological polar surface area (TPSA) is 77.8 Å². The molecule has 0 bridgehead atoms. The van der Waals surface area contributed by atoms with Gasteiger partial charge in [0, 0.05) is 12.0 Å². The van der Waals surface area contributed by atoms with E-state index in [0.29, 0.717) is 5.56 Å². The fourth-order valence-electron chi connectivity index (χ4n) is 1.08. The van der Waals surface area contributed by atoms with E-state index in [2.05, 4.69) is 23.7 Å². The molecule has 3 N–H and O–H groups in total. The highest BCUT2D eigenvalue weighted by Gasteiger charge is 1.99. The highest BCUT2D eigenvalue weighted by atomic mass is 16.4. The Hall–Kier alpha value is -2.27. The van der Waals surface area contributed by atoms with Crippen LogP contribution in [0.5, 0.6) is 0 Å². The number of rotatable bonds is 3. The maximum Gasteiger partial charge on any atom is 0.335 e. The molecule has 0 saturated heterocycles. The molecule has 0 aliphatic heterocycles. The molecule has 0 spiro atoms. The summed E-state index contributed by atoms with van der Waals surface area (Å²) in [5, 5.41) is 26.2. The zero-order chi connectivity index (χ0) is 13.4. The molecule has 0 radical (unpaired) electrons. The smallest absolute Gasteiger partial charge is 0.335 e. The van der Waals surface area contributed by atoms with Crippen molar-refractivity contribution in [3.8, 4) is 23.7 Å². The Morgan fingerprint density at radius 2 is 1.89 bits per heavy atom. The van der Waals surface area contributed by atoms with Crippen molar-refractivity contribution in [2.75, 3.05) is 6.61 Å². The third kappa shape index (κ3) is 4.71. The summed E-state index contributed by atoms with van der Waals surface area (Å²) < 4.78 is 0. The highest BCUT2D eigenvalue weighted by Crippen LogP contribution is 2.02. The number of hydrogen-bond donors (Lipinski definition) is 3. The van der Waals surface area contributed by atoms with Crippen molar-refractivity contribution in [1.82, 2.24) is 0 Å². The molecule has 0 amide bonds. The minimum Gasteiger partial charge on any atom is -0.478 e. The lowest BCUT2D eigenvalue weighted by atomic mass is 10.1. The van der Waals surface area contributed by atoms with Gasteiger partial charge in [-0.25, -0.2) is 4.79 Å². The second kappa shape index (κ2) is 7.13. The van der Waals surface area contributed by atoms with Crippen LogP contribution in [0.15, 0.2) is 24.3 Å². The number of aliphatic hydroxyl groups excluding tert-OH is 2. The van der Waals surface area contributed by atoms with E-state index in [1.165, 1.54) is 12.1 Å². The van der Waals surface area contributed by atoms with Gasteiger partial charge in [-0.2, -0.15) is 0 Å². The van der Waals surface area contributed by atoms with Crippen LogP contribution in [-0.4, -0.2) is 34.0 Å². The van der Waals surface area contributed by atoms with Crippen molar-refractivity contribution in [2.45, 2.75) is 12.5 Å². The van der Waals surface area contributed by atoms with Gasteiger partial charge in [0.25, 0.3) is 0 Å². The predicted octanol–water partition coefficient (Wildman–Crippen LogP) is 0.483. The first-order chi connectivity index (χ1) is 8.63. The maximum absolute atomic E-state index is 10.6. The Bertz CT molecular complexity index is 523. The normalized spacial score (nSPS) is 10.6. The summed E-state index contributed by atoms with van der Waals surface area (Å²) in [7, 11) is 0. The molecule has 1 aromatic carbocycles. The Kier molecular flexibility index (Phi) is 5.47. The molecule has 0 unspecified atom stereocenters. The first kappa shape index (κ1) is 13.8. The highest BCUT2D eigenvalue weighted by molar-refractivity contribution is 5.87. The van der Waals surface area contributed by atoms with Crippen LogP contribution in [0.3, 0.4) is 0 Å². The molecule has 0 aliphatic carbocycles. The largest absolute Gasteiger partial charge is 0.478 e. The molecule has 4 heteroatoms. The van der Waals surface area contributed by atoms with E-state index in [0.717, 1.165) is 0 Å². The fourth-order valence-corrected chi connectivity index (χ4v) is 1.08. The van der Waals surface area contributed by atoms with E-state index < -0.39 is 12.1 Å². The van der Waals surface area contributed by atoms with Crippen molar-refractivity contribution in [3.63, 3.8) is 0 Å². The number of carbonyl (C=O) groups is 1. The fraction of sp³-hybridized carbons (Fsp3) is 0.214. The number of benzene rings is 1. The number of aromatic carboxylic acids is 1. The van der Waals surface area contributed by atoms with E-state index in [1.54, 1.807) is 12.1 Å². The zero-order valence-electron chi connectivity index (χ0n) is 9.55. The SMILES string of the molecule is O=C(O)c1ccc(C#CC#CC[C@H](O)CO)cc1. The number of aliphatic hydroxyl groups is 2. The number of carboxylic acid groups (broad SMARTS) is 1. The average Bonchev–Trinajstić information content (AvgIpc) is 2.38. The van der Waals surface area contributed by atoms with Crippen LogP contribution < -0.4 is 0 Å². The van der Waals surface area contributed by atoms with Gasteiger partial charge in [0.2, 0.25) is 0 Å². The Morgan fingerprint density at radius 3 is 2.44 bits per heavy atom. The zero-order valence-corrected chi connectivity index (χ0v) is 9.55. The van der Waals surface area contributed by atoms with Gasteiger partial charge >= 0.3 is 5.97 Å². The Labute approximate surface area is 105 Å². The molecule has 1 aromatic rings. The van der Waals surface area contributed by atoms with Crippen molar-refractivity contribution < 1.29 is 20.1 Å². The molecule has 4 nitrogen and oxygen atoms in total. The van der Waals surface area contributed by atoms with Crippen LogP contribution in [0.25, 0.3) is 0 Å². The molecular formula is C14H12O4. The van der Waals surface area contributed by atoms with E-state index in [-0.39, 0.29) is 18.6 Å². The Balaban J connectivity index is 2.60. The van der Waals surface area contributed by atoms with Crippen LogP contribution in [0, 0.1) is 23.7 Å². The van der Waals surface area contributed by atoms with Crippen LogP contribution in [-0.2, 0) is 0 Å².